The fraction of sp³-hybridized carbons (Fsp3) is 0.429. The predicted molar refractivity (Wildman–Crippen MR) is 125 cm³/mol. The molecule has 3 N–H and O–H groups in total. The van der Waals surface area contributed by atoms with E-state index in [1.165, 1.54) is 10.8 Å². The number of aliphatic carboxylic acids is 2. The number of aromatic nitrogens is 2. The molecule has 0 unspecified atom stereocenters. The van der Waals surface area contributed by atoms with E-state index in [-0.39, 0.29) is 12.3 Å². The molecule has 0 fully saturated rings. The summed E-state index contributed by atoms with van der Waals surface area (Å²) in [5.74, 6) is -2.00. The minimum Gasteiger partial charge on any atom is -0.481 e. The molecule has 8 nitrogen and oxygen atoms in total. The molecule has 1 aromatic carbocycles. The summed E-state index contributed by atoms with van der Waals surface area (Å²) in [5.41, 5.74) is 2.37. The maximum atomic E-state index is 12.4. The van der Waals surface area contributed by atoms with Gasteiger partial charge in [0.25, 0.3) is 5.91 Å². The quantitative estimate of drug-likeness (QED) is 0.296. The predicted octanol–water partition coefficient (Wildman–Crippen LogP) is 4.29. The molecule has 0 bridgehead atoms. The van der Waals surface area contributed by atoms with Gasteiger partial charge < -0.3 is 15.5 Å². The zero-order chi connectivity index (χ0) is 25.7. The van der Waals surface area contributed by atoms with Crippen molar-refractivity contribution in [2.75, 3.05) is 18.1 Å². The second-order valence-corrected chi connectivity index (χ2v) is 9.91. The van der Waals surface area contributed by atoms with Crippen LogP contribution in [0.5, 0.6) is 0 Å². The summed E-state index contributed by atoms with van der Waals surface area (Å²) in [6, 6.07) is 11.7. The molecule has 2 rings (SSSR count). The van der Waals surface area contributed by atoms with Crippen LogP contribution in [0.1, 0.15) is 36.5 Å². The van der Waals surface area contributed by atoms with Gasteiger partial charge in [0.05, 0.1) is 12.1 Å². The Labute approximate surface area is 202 Å². The largest absolute Gasteiger partial charge is 0.490 e. The highest BCUT2D eigenvalue weighted by molar-refractivity contribution is 8.76. The number of hydrogen-bond acceptors (Lipinski definition) is 6. The lowest BCUT2D eigenvalue weighted by Gasteiger charge is -2.08. The van der Waals surface area contributed by atoms with Crippen LogP contribution >= 0.6 is 21.6 Å². The van der Waals surface area contributed by atoms with Gasteiger partial charge in [-0.3, -0.25) is 9.59 Å². The Kier molecular flexibility index (Phi) is 12.6. The summed E-state index contributed by atoms with van der Waals surface area (Å²) < 4.78 is 33.6. The van der Waals surface area contributed by atoms with Crippen LogP contribution in [0.4, 0.5) is 13.2 Å². The van der Waals surface area contributed by atoms with Gasteiger partial charge >= 0.3 is 18.1 Å². The lowest BCUT2D eigenvalue weighted by molar-refractivity contribution is -0.192. The molecule has 0 spiro atoms. The number of amides is 1. The molecule has 2 aromatic rings. The summed E-state index contributed by atoms with van der Waals surface area (Å²) in [6.45, 7) is 4.80. The van der Waals surface area contributed by atoms with Crippen LogP contribution in [0.3, 0.4) is 0 Å². The van der Waals surface area contributed by atoms with Gasteiger partial charge in [-0.2, -0.15) is 18.3 Å². The van der Waals surface area contributed by atoms with Crippen molar-refractivity contribution in [2.45, 2.75) is 32.9 Å². The molecule has 0 saturated heterocycles. The van der Waals surface area contributed by atoms with Gasteiger partial charge in [0.15, 0.2) is 5.69 Å². The standard InChI is InChI=1S/C19H25N3O3S2.C2HF3O2/c1-14(2)12-16-13-17(21-22(16)15-6-4-3-5-7-15)19(25)20-9-11-27-26-10-8-18(23)24;3-2(4,5)1(6)7/h3-7,13-14H,8-12H2,1-2H3,(H,20,25)(H,23,24);(H,6,7). The average Bonchev–Trinajstić information content (AvgIpc) is 3.16. The van der Waals surface area contributed by atoms with Crippen molar-refractivity contribution in [1.29, 1.82) is 0 Å². The van der Waals surface area contributed by atoms with Gasteiger partial charge in [0, 0.05) is 23.7 Å². The summed E-state index contributed by atoms with van der Waals surface area (Å²) >= 11 is 0. The highest BCUT2D eigenvalue weighted by atomic mass is 33.1. The van der Waals surface area contributed by atoms with Gasteiger partial charge in [-0.25, -0.2) is 9.48 Å². The van der Waals surface area contributed by atoms with Crippen LogP contribution < -0.4 is 5.32 Å². The fourth-order valence-electron chi connectivity index (χ4n) is 2.43. The second-order valence-electron chi connectivity index (χ2n) is 7.21. The Hall–Kier alpha value is -2.67. The van der Waals surface area contributed by atoms with Crippen molar-refractivity contribution < 1.29 is 37.8 Å². The summed E-state index contributed by atoms with van der Waals surface area (Å²) in [6.07, 6.45) is -4.09. The fourth-order valence-corrected chi connectivity index (χ4v) is 4.32. The van der Waals surface area contributed by atoms with Crippen LogP contribution in [0.2, 0.25) is 0 Å². The highest BCUT2D eigenvalue weighted by Crippen LogP contribution is 2.21. The van der Waals surface area contributed by atoms with Gasteiger partial charge in [0.1, 0.15) is 0 Å². The lowest BCUT2D eigenvalue weighted by Crippen LogP contribution is -2.26. The summed E-state index contributed by atoms with van der Waals surface area (Å²) in [4.78, 5) is 31.8. The van der Waals surface area contributed by atoms with Crippen LogP contribution in [0, 0.1) is 5.92 Å². The van der Waals surface area contributed by atoms with Crippen molar-refractivity contribution in [2.24, 2.45) is 5.92 Å². The van der Waals surface area contributed by atoms with E-state index in [1.54, 1.807) is 10.8 Å². The third kappa shape index (κ3) is 11.5. The Morgan fingerprint density at radius 3 is 2.21 bits per heavy atom. The molecular weight excluding hydrogens is 495 g/mol. The van der Waals surface area contributed by atoms with Gasteiger partial charge in [-0.1, -0.05) is 53.6 Å². The van der Waals surface area contributed by atoms with Gasteiger partial charge in [0.2, 0.25) is 0 Å². The summed E-state index contributed by atoms with van der Waals surface area (Å²) in [5, 5.41) is 23.1. The summed E-state index contributed by atoms with van der Waals surface area (Å²) in [7, 11) is 3.06. The van der Waals surface area contributed by atoms with Gasteiger partial charge in [-0.05, 0) is 30.5 Å². The van der Waals surface area contributed by atoms with E-state index in [1.807, 2.05) is 41.1 Å². The van der Waals surface area contributed by atoms with Crippen LogP contribution in [0.15, 0.2) is 36.4 Å². The second kappa shape index (κ2) is 14.6. The number of rotatable bonds is 11. The van der Waals surface area contributed by atoms with Crippen LogP contribution in [-0.2, 0) is 16.0 Å². The molecular formula is C21H26F3N3O5S2. The average molecular weight is 522 g/mol. The first kappa shape index (κ1) is 29.4. The maximum Gasteiger partial charge on any atom is 0.490 e. The van der Waals surface area contributed by atoms with Crippen molar-refractivity contribution in [3.63, 3.8) is 0 Å². The first-order valence-corrected chi connectivity index (χ1v) is 12.6. The van der Waals surface area contributed by atoms with Crippen molar-refractivity contribution >= 4 is 39.4 Å². The third-order valence-corrected chi connectivity index (χ3v) is 6.24. The molecule has 0 aliphatic rings. The zero-order valence-electron chi connectivity index (χ0n) is 18.5. The van der Waals surface area contributed by atoms with E-state index in [0.29, 0.717) is 29.7 Å². The van der Waals surface area contributed by atoms with E-state index in [9.17, 15) is 22.8 Å². The smallest absolute Gasteiger partial charge is 0.481 e. The first-order valence-electron chi connectivity index (χ1n) is 10.1. The Bertz CT molecular complexity index is 937. The van der Waals surface area contributed by atoms with E-state index in [2.05, 4.69) is 24.3 Å². The molecule has 0 aliphatic heterocycles. The molecule has 13 heteroatoms. The number of para-hydroxylation sites is 1. The molecule has 1 aromatic heterocycles. The lowest BCUT2D eigenvalue weighted by atomic mass is 10.1. The van der Waals surface area contributed by atoms with Gasteiger partial charge in [-0.15, -0.1) is 0 Å². The molecule has 188 valence electrons. The van der Waals surface area contributed by atoms with Crippen molar-refractivity contribution in [1.82, 2.24) is 15.1 Å². The minimum atomic E-state index is -5.08. The molecule has 0 radical (unpaired) electrons. The van der Waals surface area contributed by atoms with E-state index in [4.69, 9.17) is 15.0 Å². The third-order valence-electron chi connectivity index (χ3n) is 3.83. The monoisotopic (exact) mass is 521 g/mol. The SMILES string of the molecule is CC(C)Cc1cc(C(=O)NCCSSCCC(=O)O)nn1-c1ccccc1.O=C(O)C(F)(F)F. The number of carboxylic acids is 2. The highest BCUT2D eigenvalue weighted by Gasteiger charge is 2.38. The van der Waals surface area contributed by atoms with Crippen LogP contribution in [0.25, 0.3) is 5.69 Å². The van der Waals surface area contributed by atoms with E-state index in [0.717, 1.165) is 17.8 Å². The van der Waals surface area contributed by atoms with Crippen LogP contribution in [-0.4, -0.2) is 62.1 Å². The number of alkyl halides is 3. The van der Waals surface area contributed by atoms with Crippen molar-refractivity contribution in [3.8, 4) is 5.69 Å². The molecule has 1 heterocycles. The topological polar surface area (TPSA) is 122 Å². The number of benzene rings is 1. The minimum absolute atomic E-state index is 0.152. The number of carboxylic acid groups (broad SMARTS) is 2. The Morgan fingerprint density at radius 2 is 1.68 bits per heavy atom. The molecule has 0 aliphatic carbocycles. The molecule has 0 atom stereocenters. The Balaban J connectivity index is 0.000000718. The van der Waals surface area contributed by atoms with E-state index < -0.39 is 18.1 Å². The number of nitrogens with zero attached hydrogens (tertiary/aromatic N) is 2. The molecule has 0 saturated carbocycles. The molecule has 34 heavy (non-hydrogen) atoms. The Morgan fingerprint density at radius 1 is 1.09 bits per heavy atom. The number of carbonyl (C=O) groups excluding carboxylic acids is 1. The normalized spacial score (nSPS) is 11.0. The first-order chi connectivity index (χ1) is 15.9. The number of hydrogen-bond donors (Lipinski definition) is 3. The maximum absolute atomic E-state index is 12.4. The van der Waals surface area contributed by atoms with Crippen molar-refractivity contribution in [3.05, 3.63) is 47.8 Å². The zero-order valence-corrected chi connectivity index (χ0v) is 20.2. The molecule has 1 amide bonds. The number of halogens is 3. The van der Waals surface area contributed by atoms with E-state index >= 15 is 0 Å². The number of nitrogens with one attached hydrogen (secondary N) is 1. The number of carbonyl (C=O) groups is 3.